The zero-order valence-corrected chi connectivity index (χ0v) is 13.1. The van der Waals surface area contributed by atoms with Crippen LogP contribution in [0.5, 0.6) is 5.75 Å². The number of ether oxygens (including phenoxy) is 1. The summed E-state index contributed by atoms with van der Waals surface area (Å²) < 4.78 is 10.9. The average Bonchev–Trinajstić information content (AvgIpc) is 2.90. The molecule has 0 bridgehead atoms. The molecular weight excluding hydrogens is 266 g/mol. The second-order valence-electron chi connectivity index (χ2n) is 6.12. The Bertz CT molecular complexity index is 546. The first kappa shape index (κ1) is 15.5. The molecular formula is C16H23N3O2. The van der Waals surface area contributed by atoms with Gasteiger partial charge in [-0.05, 0) is 24.6 Å². The lowest BCUT2D eigenvalue weighted by atomic mass is 9.85. The van der Waals surface area contributed by atoms with Crippen LogP contribution in [0.3, 0.4) is 0 Å². The zero-order chi connectivity index (χ0) is 15.3. The average molecular weight is 289 g/mol. The van der Waals surface area contributed by atoms with Crippen molar-refractivity contribution in [2.45, 2.75) is 39.8 Å². The number of likely N-dealkylation sites (N-methyl/N-ethyl adjacent to an activating group) is 1. The molecule has 0 amide bonds. The lowest BCUT2D eigenvalue weighted by Gasteiger charge is -2.29. The van der Waals surface area contributed by atoms with Gasteiger partial charge >= 0.3 is 0 Å². The van der Waals surface area contributed by atoms with Crippen molar-refractivity contribution in [2.24, 2.45) is 5.41 Å². The molecule has 0 fully saturated rings. The van der Waals surface area contributed by atoms with Crippen molar-refractivity contribution in [2.75, 3.05) is 7.05 Å². The summed E-state index contributed by atoms with van der Waals surface area (Å²) in [5, 5.41) is 7.26. The van der Waals surface area contributed by atoms with Crippen molar-refractivity contribution in [3.05, 3.63) is 42.0 Å². The second-order valence-corrected chi connectivity index (χ2v) is 6.12. The SMILES string of the molecule is CNC(Cc1nc(COc2ccccc2)no1)C(C)(C)C. The Kier molecular flexibility index (Phi) is 4.96. The smallest absolute Gasteiger partial charge is 0.228 e. The quantitative estimate of drug-likeness (QED) is 0.886. The summed E-state index contributed by atoms with van der Waals surface area (Å²) in [5.41, 5.74) is 0.129. The molecule has 114 valence electrons. The lowest BCUT2D eigenvalue weighted by Crippen LogP contribution is -2.39. The number of hydrogen-bond acceptors (Lipinski definition) is 5. The highest BCUT2D eigenvalue weighted by Crippen LogP contribution is 2.22. The van der Waals surface area contributed by atoms with Gasteiger partial charge in [-0.2, -0.15) is 4.98 Å². The minimum Gasteiger partial charge on any atom is -0.485 e. The van der Waals surface area contributed by atoms with Crippen LogP contribution in [0.15, 0.2) is 34.9 Å². The van der Waals surface area contributed by atoms with Crippen LogP contribution in [0, 0.1) is 5.41 Å². The van der Waals surface area contributed by atoms with Crippen molar-refractivity contribution < 1.29 is 9.26 Å². The van der Waals surface area contributed by atoms with Crippen LogP contribution in [0.1, 0.15) is 32.5 Å². The van der Waals surface area contributed by atoms with Crippen molar-refractivity contribution in [3.63, 3.8) is 0 Å². The van der Waals surface area contributed by atoms with Gasteiger partial charge in [-0.1, -0.05) is 44.1 Å². The molecule has 21 heavy (non-hydrogen) atoms. The maximum Gasteiger partial charge on any atom is 0.228 e. The number of hydrogen-bond donors (Lipinski definition) is 1. The third-order valence-electron chi connectivity index (χ3n) is 3.39. The molecule has 0 aliphatic carbocycles. The van der Waals surface area contributed by atoms with Gasteiger partial charge in [-0.15, -0.1) is 0 Å². The van der Waals surface area contributed by atoms with Gasteiger partial charge in [0.15, 0.2) is 6.61 Å². The van der Waals surface area contributed by atoms with Crippen LogP contribution < -0.4 is 10.1 Å². The molecule has 1 aromatic carbocycles. The molecule has 5 heteroatoms. The highest BCUT2D eigenvalue weighted by Gasteiger charge is 2.25. The van der Waals surface area contributed by atoms with Crippen LogP contribution in [-0.4, -0.2) is 23.2 Å². The number of aromatic nitrogens is 2. The molecule has 1 atom stereocenters. The van der Waals surface area contributed by atoms with E-state index in [1.54, 1.807) is 0 Å². The predicted octanol–water partition coefficient (Wildman–Crippen LogP) is 2.83. The number of nitrogens with one attached hydrogen (secondary N) is 1. The Balaban J connectivity index is 1.92. The van der Waals surface area contributed by atoms with Crippen LogP contribution in [0.4, 0.5) is 0 Å². The van der Waals surface area contributed by atoms with Gasteiger partial charge in [0.1, 0.15) is 5.75 Å². The normalized spacial score (nSPS) is 13.1. The zero-order valence-electron chi connectivity index (χ0n) is 13.1. The van der Waals surface area contributed by atoms with Crippen molar-refractivity contribution in [1.82, 2.24) is 15.5 Å². The van der Waals surface area contributed by atoms with E-state index in [4.69, 9.17) is 9.26 Å². The van der Waals surface area contributed by atoms with E-state index in [0.717, 1.165) is 5.75 Å². The molecule has 1 unspecified atom stereocenters. The number of benzene rings is 1. The molecule has 5 nitrogen and oxygen atoms in total. The van der Waals surface area contributed by atoms with Crippen LogP contribution >= 0.6 is 0 Å². The highest BCUT2D eigenvalue weighted by atomic mass is 16.5. The van der Waals surface area contributed by atoms with Crippen molar-refractivity contribution in [1.29, 1.82) is 0 Å². The van der Waals surface area contributed by atoms with E-state index >= 15 is 0 Å². The minimum atomic E-state index is 0.129. The second kappa shape index (κ2) is 6.72. The summed E-state index contributed by atoms with van der Waals surface area (Å²) in [6, 6.07) is 9.88. The molecule has 0 saturated heterocycles. The monoisotopic (exact) mass is 289 g/mol. The Morgan fingerprint density at radius 1 is 1.24 bits per heavy atom. The standard InChI is InChI=1S/C16H23N3O2/c1-16(2,3)13(17-4)10-15-18-14(19-21-15)11-20-12-8-6-5-7-9-12/h5-9,13,17H,10-11H2,1-4H3. The molecule has 0 spiro atoms. The van der Waals surface area contributed by atoms with E-state index in [-0.39, 0.29) is 11.5 Å². The summed E-state index contributed by atoms with van der Waals surface area (Å²) in [4.78, 5) is 4.38. The first-order valence-electron chi connectivity index (χ1n) is 7.15. The summed E-state index contributed by atoms with van der Waals surface area (Å²) in [6.45, 7) is 6.87. The number of nitrogens with zero attached hydrogens (tertiary/aromatic N) is 2. The van der Waals surface area contributed by atoms with Crippen LogP contribution in [0.2, 0.25) is 0 Å². The van der Waals surface area contributed by atoms with Gasteiger partial charge in [-0.25, -0.2) is 0 Å². The Morgan fingerprint density at radius 3 is 2.57 bits per heavy atom. The fourth-order valence-electron chi connectivity index (χ4n) is 2.11. The first-order chi connectivity index (χ1) is 9.99. The van der Waals surface area contributed by atoms with Gasteiger partial charge in [-0.3, -0.25) is 0 Å². The van der Waals surface area contributed by atoms with Crippen LogP contribution in [0.25, 0.3) is 0 Å². The van der Waals surface area contributed by atoms with Gasteiger partial charge in [0.2, 0.25) is 11.7 Å². The highest BCUT2D eigenvalue weighted by molar-refractivity contribution is 5.20. The van der Waals surface area contributed by atoms with E-state index in [2.05, 4.69) is 36.2 Å². The third kappa shape index (κ3) is 4.56. The summed E-state index contributed by atoms with van der Waals surface area (Å²) in [5.74, 6) is 2.00. The van der Waals surface area contributed by atoms with E-state index in [0.29, 0.717) is 24.7 Å². The molecule has 2 aromatic rings. The summed E-state index contributed by atoms with van der Waals surface area (Å²) >= 11 is 0. The molecule has 1 heterocycles. The van der Waals surface area contributed by atoms with Gasteiger partial charge < -0.3 is 14.6 Å². The summed E-state index contributed by atoms with van der Waals surface area (Å²) in [6.07, 6.45) is 0.707. The maximum absolute atomic E-state index is 5.60. The van der Waals surface area contributed by atoms with Gasteiger partial charge in [0.25, 0.3) is 0 Å². The Labute approximate surface area is 125 Å². The number of rotatable bonds is 6. The third-order valence-corrected chi connectivity index (χ3v) is 3.39. The molecule has 1 N–H and O–H groups in total. The molecule has 2 rings (SSSR count). The molecule has 1 aromatic heterocycles. The fourth-order valence-corrected chi connectivity index (χ4v) is 2.11. The maximum atomic E-state index is 5.60. The molecule has 0 aliphatic rings. The Hall–Kier alpha value is -1.88. The molecule has 0 saturated carbocycles. The topological polar surface area (TPSA) is 60.2 Å². The Morgan fingerprint density at radius 2 is 1.95 bits per heavy atom. The largest absolute Gasteiger partial charge is 0.485 e. The summed E-state index contributed by atoms with van der Waals surface area (Å²) in [7, 11) is 1.95. The lowest BCUT2D eigenvalue weighted by molar-refractivity contribution is 0.253. The predicted molar refractivity (Wildman–Crippen MR) is 81.1 cm³/mol. The first-order valence-corrected chi connectivity index (χ1v) is 7.15. The molecule has 0 aliphatic heterocycles. The molecule has 0 radical (unpaired) electrons. The fraction of sp³-hybridized carbons (Fsp3) is 0.500. The number of para-hydroxylation sites is 1. The minimum absolute atomic E-state index is 0.129. The van der Waals surface area contributed by atoms with Gasteiger partial charge in [0, 0.05) is 12.5 Å². The van der Waals surface area contributed by atoms with Crippen LogP contribution in [-0.2, 0) is 13.0 Å². The van der Waals surface area contributed by atoms with Crippen molar-refractivity contribution in [3.8, 4) is 5.75 Å². The van der Waals surface area contributed by atoms with E-state index < -0.39 is 0 Å². The van der Waals surface area contributed by atoms with E-state index in [1.807, 2.05) is 37.4 Å². The van der Waals surface area contributed by atoms with Crippen molar-refractivity contribution >= 4 is 0 Å². The van der Waals surface area contributed by atoms with Gasteiger partial charge in [0.05, 0.1) is 0 Å². The van der Waals surface area contributed by atoms with E-state index in [9.17, 15) is 0 Å². The van der Waals surface area contributed by atoms with E-state index in [1.165, 1.54) is 0 Å².